The van der Waals surface area contributed by atoms with Gasteiger partial charge in [-0.3, -0.25) is 0 Å². The Hall–Kier alpha value is -2.54. The van der Waals surface area contributed by atoms with Gasteiger partial charge in [0.05, 0.1) is 79.3 Å². The summed E-state index contributed by atoms with van der Waals surface area (Å²) < 4.78 is 42.3. The number of rotatable bonds is 24. The molecular formula is C26H41NO10. The largest absolute Gasteiger partial charge is 0.460 e. The van der Waals surface area contributed by atoms with E-state index in [1.165, 1.54) is 0 Å². The summed E-state index contributed by atoms with van der Waals surface area (Å²) in [4.78, 5) is 22.7. The van der Waals surface area contributed by atoms with Gasteiger partial charge in [0.2, 0.25) is 0 Å². The summed E-state index contributed by atoms with van der Waals surface area (Å²) in [7, 11) is 0. The zero-order chi connectivity index (χ0) is 26.8. The number of nitrogens with one attached hydrogen (secondary N) is 1. The van der Waals surface area contributed by atoms with E-state index in [2.05, 4.69) is 11.9 Å². The third kappa shape index (κ3) is 21.3. The number of benzene rings is 1. The molecule has 0 radical (unpaired) electrons. The Morgan fingerprint density at radius 2 is 1.08 bits per heavy atom. The van der Waals surface area contributed by atoms with Crippen molar-refractivity contribution in [1.29, 1.82) is 0 Å². The summed E-state index contributed by atoms with van der Waals surface area (Å²) in [5.41, 5.74) is 1.30. The molecule has 1 N–H and O–H groups in total. The first-order valence-electron chi connectivity index (χ1n) is 12.3. The highest BCUT2D eigenvalue weighted by Crippen LogP contribution is 2.00. The Morgan fingerprint density at radius 3 is 1.54 bits per heavy atom. The van der Waals surface area contributed by atoms with Crippen molar-refractivity contribution < 1.29 is 47.5 Å². The Kier molecular flexibility index (Phi) is 20.9. The maximum atomic E-state index is 11.6. The molecule has 1 aromatic rings. The maximum absolute atomic E-state index is 11.6. The summed E-state index contributed by atoms with van der Waals surface area (Å²) >= 11 is 0. The first-order valence-corrected chi connectivity index (χ1v) is 12.3. The molecule has 0 unspecified atom stereocenters. The van der Waals surface area contributed by atoms with E-state index >= 15 is 0 Å². The molecule has 0 saturated carbocycles. The number of carbonyl (C=O) groups is 2. The van der Waals surface area contributed by atoms with Gasteiger partial charge >= 0.3 is 12.1 Å². The molecule has 0 heterocycles. The van der Waals surface area contributed by atoms with Crippen LogP contribution in [-0.2, 0) is 49.3 Å². The molecular weight excluding hydrogens is 486 g/mol. The van der Waals surface area contributed by atoms with Gasteiger partial charge in [0, 0.05) is 12.1 Å². The monoisotopic (exact) mass is 527 g/mol. The van der Waals surface area contributed by atoms with Gasteiger partial charge in [-0.15, -0.1) is 0 Å². The quantitative estimate of drug-likeness (QED) is 0.122. The van der Waals surface area contributed by atoms with Gasteiger partial charge in [0.1, 0.15) is 13.2 Å². The van der Waals surface area contributed by atoms with Crippen molar-refractivity contribution in [1.82, 2.24) is 5.32 Å². The molecule has 0 saturated heterocycles. The van der Waals surface area contributed by atoms with Crippen molar-refractivity contribution in [2.24, 2.45) is 0 Å². The molecule has 37 heavy (non-hydrogen) atoms. The van der Waals surface area contributed by atoms with Crippen LogP contribution in [0.3, 0.4) is 0 Å². The Bertz CT molecular complexity index is 717. The van der Waals surface area contributed by atoms with Gasteiger partial charge in [-0.1, -0.05) is 36.9 Å². The number of alkyl carbamates (subject to hydrolysis) is 1. The van der Waals surface area contributed by atoms with E-state index in [0.717, 1.165) is 5.56 Å². The molecule has 0 aliphatic heterocycles. The summed E-state index contributed by atoms with van der Waals surface area (Å²) in [6, 6.07) is 9.48. The Morgan fingerprint density at radius 1 is 0.649 bits per heavy atom. The molecule has 1 aromatic carbocycles. The molecule has 0 aliphatic carbocycles. The van der Waals surface area contributed by atoms with E-state index in [1.807, 2.05) is 30.3 Å². The fraction of sp³-hybridized carbons (Fsp3) is 0.615. The second-order valence-electron chi connectivity index (χ2n) is 7.58. The maximum Gasteiger partial charge on any atom is 0.407 e. The van der Waals surface area contributed by atoms with Crippen LogP contribution in [0.1, 0.15) is 12.5 Å². The number of carbonyl (C=O) groups excluding carboxylic acids is 2. The first kappa shape index (κ1) is 32.5. The van der Waals surface area contributed by atoms with E-state index in [0.29, 0.717) is 91.4 Å². The van der Waals surface area contributed by atoms with Crippen molar-refractivity contribution >= 4 is 12.1 Å². The van der Waals surface area contributed by atoms with Crippen LogP contribution in [-0.4, -0.2) is 104 Å². The normalized spacial score (nSPS) is 10.7. The van der Waals surface area contributed by atoms with E-state index in [9.17, 15) is 9.59 Å². The lowest BCUT2D eigenvalue weighted by molar-refractivity contribution is -0.140. The van der Waals surface area contributed by atoms with Crippen LogP contribution >= 0.6 is 0 Å². The fourth-order valence-corrected chi connectivity index (χ4v) is 2.52. The molecule has 0 bridgehead atoms. The number of ether oxygens (including phenoxy) is 8. The molecule has 0 atom stereocenters. The Balaban J connectivity index is 1.70. The minimum absolute atomic E-state index is 0.195. The lowest BCUT2D eigenvalue weighted by atomic mass is 10.2. The molecule has 0 aromatic heterocycles. The van der Waals surface area contributed by atoms with Crippen LogP contribution in [0.5, 0.6) is 0 Å². The minimum Gasteiger partial charge on any atom is -0.460 e. The topological polar surface area (TPSA) is 120 Å². The van der Waals surface area contributed by atoms with E-state index < -0.39 is 12.1 Å². The fourth-order valence-electron chi connectivity index (χ4n) is 2.52. The van der Waals surface area contributed by atoms with E-state index in [1.54, 1.807) is 6.92 Å². The van der Waals surface area contributed by atoms with Gasteiger partial charge in [-0.05, 0) is 12.5 Å². The predicted molar refractivity (Wildman–Crippen MR) is 135 cm³/mol. The third-order valence-electron chi connectivity index (χ3n) is 4.40. The average Bonchev–Trinajstić information content (AvgIpc) is 2.90. The van der Waals surface area contributed by atoms with Gasteiger partial charge < -0.3 is 43.2 Å². The molecule has 0 fully saturated rings. The average molecular weight is 528 g/mol. The second-order valence-corrected chi connectivity index (χ2v) is 7.58. The highest BCUT2D eigenvalue weighted by molar-refractivity contribution is 5.86. The summed E-state index contributed by atoms with van der Waals surface area (Å²) in [6.45, 7) is 11.1. The Labute approximate surface area is 219 Å². The smallest absolute Gasteiger partial charge is 0.407 e. The van der Waals surface area contributed by atoms with Crippen molar-refractivity contribution in [3.05, 3.63) is 48.0 Å². The lowest BCUT2D eigenvalue weighted by Gasteiger charge is -2.09. The predicted octanol–water partition coefficient (Wildman–Crippen LogP) is 2.13. The van der Waals surface area contributed by atoms with E-state index in [-0.39, 0.29) is 13.2 Å². The molecule has 11 nitrogen and oxygen atoms in total. The van der Waals surface area contributed by atoms with Gasteiger partial charge in [-0.2, -0.15) is 0 Å². The number of amides is 1. The van der Waals surface area contributed by atoms with Crippen LogP contribution in [0.4, 0.5) is 4.79 Å². The SMILES string of the molecule is C=C(C)C(=O)OCCOCCOCCOCCOCCOCCOCCNC(=O)OCc1ccccc1. The van der Waals surface area contributed by atoms with Gasteiger partial charge in [0.15, 0.2) is 0 Å². The summed E-state index contributed by atoms with van der Waals surface area (Å²) in [5.74, 6) is -0.416. The van der Waals surface area contributed by atoms with Crippen LogP contribution in [0.2, 0.25) is 0 Å². The standard InChI is InChI=1S/C26H41NO10/c1-23(2)25(28)36-21-20-35-19-18-34-17-16-33-15-14-32-13-12-31-11-10-30-9-8-27-26(29)37-22-24-6-4-3-5-7-24/h3-7H,1,8-22H2,2H3,(H,27,29). The summed E-state index contributed by atoms with van der Waals surface area (Å²) in [5, 5.41) is 2.63. The van der Waals surface area contributed by atoms with Crippen molar-refractivity contribution in [2.45, 2.75) is 13.5 Å². The zero-order valence-corrected chi connectivity index (χ0v) is 21.8. The lowest BCUT2D eigenvalue weighted by Crippen LogP contribution is -2.28. The van der Waals surface area contributed by atoms with Crippen molar-refractivity contribution in [2.75, 3.05) is 92.4 Å². The molecule has 11 heteroatoms. The van der Waals surface area contributed by atoms with Crippen molar-refractivity contribution in [3.63, 3.8) is 0 Å². The number of hydrogen-bond donors (Lipinski definition) is 1. The van der Waals surface area contributed by atoms with E-state index in [4.69, 9.17) is 37.9 Å². The van der Waals surface area contributed by atoms with Crippen molar-refractivity contribution in [3.8, 4) is 0 Å². The molecule has 1 amide bonds. The second kappa shape index (κ2) is 23.8. The first-order chi connectivity index (χ1) is 18.1. The van der Waals surface area contributed by atoms with Crippen LogP contribution < -0.4 is 5.32 Å². The highest BCUT2D eigenvalue weighted by atomic mass is 16.6. The van der Waals surface area contributed by atoms with Crippen LogP contribution in [0, 0.1) is 0 Å². The minimum atomic E-state index is -0.473. The van der Waals surface area contributed by atoms with Crippen LogP contribution in [0.15, 0.2) is 42.5 Å². The van der Waals surface area contributed by atoms with Gasteiger partial charge in [0.25, 0.3) is 0 Å². The number of hydrogen-bond acceptors (Lipinski definition) is 10. The third-order valence-corrected chi connectivity index (χ3v) is 4.40. The molecule has 0 aliphatic rings. The zero-order valence-electron chi connectivity index (χ0n) is 21.8. The highest BCUT2D eigenvalue weighted by Gasteiger charge is 2.03. The molecule has 1 rings (SSSR count). The summed E-state index contributed by atoms with van der Waals surface area (Å²) in [6.07, 6.45) is -0.473. The molecule has 0 spiro atoms. The van der Waals surface area contributed by atoms with Crippen LogP contribution in [0.25, 0.3) is 0 Å². The molecule has 210 valence electrons. The van der Waals surface area contributed by atoms with Gasteiger partial charge in [-0.25, -0.2) is 9.59 Å². The number of esters is 1.